The highest BCUT2D eigenvalue weighted by Crippen LogP contribution is 2.50. The normalized spacial score (nSPS) is 19.0. The molecule has 0 aliphatic heterocycles. The number of carbonyl (C=O) groups excluding carboxylic acids is 2. The molecule has 2 atom stereocenters. The molecule has 126 valence electrons. The number of thiophene rings is 1. The molecule has 1 fully saturated rings. The molecule has 2 amide bonds. The number of hydrogen-bond acceptors (Lipinski definition) is 3. The predicted molar refractivity (Wildman–Crippen MR) is 97.1 cm³/mol. The molecule has 0 unspecified atom stereocenters. The van der Waals surface area contributed by atoms with Crippen molar-refractivity contribution in [1.29, 1.82) is 0 Å². The molecule has 1 aliphatic carbocycles. The van der Waals surface area contributed by atoms with E-state index in [1.54, 1.807) is 30.2 Å². The molecule has 1 saturated carbocycles. The number of hydrogen-bond donors (Lipinski definition) is 1. The molecule has 3 rings (SSSR count). The maximum Gasteiger partial charge on any atom is 0.228 e. The summed E-state index contributed by atoms with van der Waals surface area (Å²) in [6, 6.07) is 11.9. The van der Waals surface area contributed by atoms with E-state index in [0.29, 0.717) is 12.5 Å². The number of amides is 2. The third-order valence-electron chi connectivity index (χ3n) is 4.41. The van der Waals surface area contributed by atoms with Crippen molar-refractivity contribution < 1.29 is 9.59 Å². The summed E-state index contributed by atoms with van der Waals surface area (Å²) in [5.74, 6) is 0.557. The Labute approximate surface area is 146 Å². The van der Waals surface area contributed by atoms with Gasteiger partial charge in [-0.2, -0.15) is 0 Å². The Balaban J connectivity index is 1.60. The smallest absolute Gasteiger partial charge is 0.228 e. The lowest BCUT2D eigenvalue weighted by atomic mass is 10.2. The summed E-state index contributed by atoms with van der Waals surface area (Å²) >= 11 is 1.78. The summed E-state index contributed by atoms with van der Waals surface area (Å²) in [5, 5.41) is 3.02. The van der Waals surface area contributed by atoms with E-state index < -0.39 is 0 Å². The first-order valence-electron chi connectivity index (χ1n) is 8.12. The number of nitrogens with zero attached hydrogens (tertiary/aromatic N) is 1. The molecule has 1 heterocycles. The van der Waals surface area contributed by atoms with Crippen molar-refractivity contribution in [2.24, 2.45) is 5.92 Å². The van der Waals surface area contributed by atoms with Gasteiger partial charge in [0, 0.05) is 47.8 Å². The van der Waals surface area contributed by atoms with E-state index >= 15 is 0 Å². The van der Waals surface area contributed by atoms with Crippen LogP contribution in [0.3, 0.4) is 0 Å². The SMILES string of the molecule is CC(=O)N(C)Cc1cccc(NC(=O)[C@H]2C[C@H]2c2ccc(C)s2)c1. The summed E-state index contributed by atoms with van der Waals surface area (Å²) < 4.78 is 0. The molecule has 24 heavy (non-hydrogen) atoms. The van der Waals surface area contributed by atoms with Crippen LogP contribution in [0.1, 0.15) is 34.6 Å². The van der Waals surface area contributed by atoms with Crippen LogP contribution >= 0.6 is 11.3 Å². The highest BCUT2D eigenvalue weighted by molar-refractivity contribution is 7.12. The second-order valence-electron chi connectivity index (χ2n) is 6.46. The predicted octanol–water partition coefficient (Wildman–Crippen LogP) is 3.78. The molecular weight excluding hydrogens is 320 g/mol. The zero-order valence-corrected chi connectivity index (χ0v) is 15.0. The standard InChI is InChI=1S/C19H22N2O2S/c1-12-7-8-18(24-12)16-10-17(16)19(23)20-15-6-4-5-14(9-15)11-21(3)13(2)22/h4-9,16-17H,10-11H2,1-3H3,(H,20,23)/t16-,17+/m1/s1. The zero-order valence-electron chi connectivity index (χ0n) is 14.2. The Morgan fingerprint density at radius 2 is 2.08 bits per heavy atom. The molecule has 2 aromatic rings. The minimum absolute atomic E-state index is 0.0245. The van der Waals surface area contributed by atoms with Crippen molar-refractivity contribution in [3.8, 4) is 0 Å². The lowest BCUT2D eigenvalue weighted by Gasteiger charge is -2.15. The zero-order chi connectivity index (χ0) is 17.3. The fourth-order valence-corrected chi connectivity index (χ4v) is 3.88. The van der Waals surface area contributed by atoms with E-state index in [2.05, 4.69) is 24.4 Å². The molecule has 5 heteroatoms. The fraction of sp³-hybridized carbons (Fsp3) is 0.368. The van der Waals surface area contributed by atoms with Gasteiger partial charge in [0.2, 0.25) is 11.8 Å². The Morgan fingerprint density at radius 1 is 1.29 bits per heavy atom. The largest absolute Gasteiger partial charge is 0.342 e. The van der Waals surface area contributed by atoms with Crippen LogP contribution in [0.25, 0.3) is 0 Å². The molecule has 0 saturated heterocycles. The van der Waals surface area contributed by atoms with Crippen molar-refractivity contribution >= 4 is 28.8 Å². The van der Waals surface area contributed by atoms with Crippen molar-refractivity contribution in [3.05, 3.63) is 51.7 Å². The van der Waals surface area contributed by atoms with E-state index in [0.717, 1.165) is 17.7 Å². The lowest BCUT2D eigenvalue weighted by Crippen LogP contribution is -2.23. The molecule has 0 bridgehead atoms. The van der Waals surface area contributed by atoms with Gasteiger partial charge in [0.15, 0.2) is 0 Å². The lowest BCUT2D eigenvalue weighted by molar-refractivity contribution is -0.128. The molecule has 1 aromatic carbocycles. The van der Waals surface area contributed by atoms with Crippen LogP contribution in [0.4, 0.5) is 5.69 Å². The van der Waals surface area contributed by atoms with Crippen LogP contribution in [-0.2, 0) is 16.1 Å². The monoisotopic (exact) mass is 342 g/mol. The molecule has 1 aliphatic rings. The second kappa shape index (κ2) is 6.77. The van der Waals surface area contributed by atoms with Gasteiger partial charge >= 0.3 is 0 Å². The van der Waals surface area contributed by atoms with Crippen LogP contribution < -0.4 is 5.32 Å². The highest BCUT2D eigenvalue weighted by Gasteiger charge is 2.44. The van der Waals surface area contributed by atoms with Gasteiger partial charge in [0.1, 0.15) is 0 Å². The molecular formula is C19H22N2O2S. The average Bonchev–Trinajstić information content (AvgIpc) is 3.22. The van der Waals surface area contributed by atoms with Crippen LogP contribution in [0, 0.1) is 12.8 Å². The maximum atomic E-state index is 12.4. The summed E-state index contributed by atoms with van der Waals surface area (Å²) in [5.41, 5.74) is 1.80. The van der Waals surface area contributed by atoms with Crippen molar-refractivity contribution in [1.82, 2.24) is 4.90 Å². The Hall–Kier alpha value is -2.14. The van der Waals surface area contributed by atoms with Crippen molar-refractivity contribution in [2.75, 3.05) is 12.4 Å². The highest BCUT2D eigenvalue weighted by atomic mass is 32.1. The first kappa shape index (κ1) is 16.7. The Morgan fingerprint density at radius 3 is 2.75 bits per heavy atom. The second-order valence-corrected chi connectivity index (χ2v) is 7.78. The summed E-state index contributed by atoms with van der Waals surface area (Å²) in [7, 11) is 1.77. The summed E-state index contributed by atoms with van der Waals surface area (Å²) in [6.07, 6.45) is 0.929. The van der Waals surface area contributed by atoms with Crippen LogP contribution in [0.2, 0.25) is 0 Å². The van der Waals surface area contributed by atoms with E-state index in [1.165, 1.54) is 9.75 Å². The van der Waals surface area contributed by atoms with Gasteiger partial charge in [-0.15, -0.1) is 11.3 Å². The fourth-order valence-electron chi connectivity index (χ4n) is 2.82. The quantitative estimate of drug-likeness (QED) is 0.899. The number of aryl methyl sites for hydroxylation is 1. The van der Waals surface area contributed by atoms with Gasteiger partial charge < -0.3 is 10.2 Å². The first-order valence-corrected chi connectivity index (χ1v) is 8.93. The summed E-state index contributed by atoms with van der Waals surface area (Å²) in [6.45, 7) is 4.18. The van der Waals surface area contributed by atoms with Crippen LogP contribution in [-0.4, -0.2) is 23.8 Å². The molecule has 1 N–H and O–H groups in total. The summed E-state index contributed by atoms with van der Waals surface area (Å²) in [4.78, 5) is 28.0. The Bertz CT molecular complexity index is 768. The van der Waals surface area contributed by atoms with E-state index in [4.69, 9.17) is 0 Å². The van der Waals surface area contributed by atoms with Gasteiger partial charge in [-0.25, -0.2) is 0 Å². The van der Waals surface area contributed by atoms with Crippen molar-refractivity contribution in [3.63, 3.8) is 0 Å². The van der Waals surface area contributed by atoms with Gasteiger partial charge in [0.25, 0.3) is 0 Å². The van der Waals surface area contributed by atoms with Crippen molar-refractivity contribution in [2.45, 2.75) is 32.7 Å². The molecule has 4 nitrogen and oxygen atoms in total. The minimum Gasteiger partial charge on any atom is -0.342 e. The molecule has 1 aromatic heterocycles. The third kappa shape index (κ3) is 3.85. The number of nitrogens with one attached hydrogen (secondary N) is 1. The van der Waals surface area contributed by atoms with Gasteiger partial charge in [-0.1, -0.05) is 12.1 Å². The van der Waals surface area contributed by atoms with Crippen LogP contribution in [0.15, 0.2) is 36.4 Å². The topological polar surface area (TPSA) is 49.4 Å². The van der Waals surface area contributed by atoms with E-state index in [9.17, 15) is 9.59 Å². The third-order valence-corrected chi connectivity index (χ3v) is 5.54. The number of rotatable bonds is 5. The average molecular weight is 342 g/mol. The number of anilines is 1. The van der Waals surface area contributed by atoms with Gasteiger partial charge in [-0.05, 0) is 43.2 Å². The van der Waals surface area contributed by atoms with Gasteiger partial charge in [-0.3, -0.25) is 9.59 Å². The number of benzene rings is 1. The van der Waals surface area contributed by atoms with E-state index in [1.807, 2.05) is 24.3 Å². The van der Waals surface area contributed by atoms with Gasteiger partial charge in [0.05, 0.1) is 0 Å². The van der Waals surface area contributed by atoms with E-state index in [-0.39, 0.29) is 17.7 Å². The minimum atomic E-state index is 0.0245. The maximum absolute atomic E-state index is 12.4. The van der Waals surface area contributed by atoms with Crippen LogP contribution in [0.5, 0.6) is 0 Å². The molecule has 0 radical (unpaired) electrons. The molecule has 0 spiro atoms. The Kier molecular flexibility index (Phi) is 4.71. The first-order chi connectivity index (χ1) is 11.4. The number of carbonyl (C=O) groups is 2.